The molecule has 1 fully saturated rings. The zero-order chi connectivity index (χ0) is 15.6. The van der Waals surface area contributed by atoms with E-state index >= 15 is 0 Å². The third kappa shape index (κ3) is 3.65. The van der Waals surface area contributed by atoms with Gasteiger partial charge in [-0.15, -0.1) is 0 Å². The third-order valence-electron chi connectivity index (χ3n) is 3.31. The molecule has 7 heteroatoms. The largest absolute Gasteiger partial charge is 0.477 e. The molecule has 1 saturated heterocycles. The summed E-state index contributed by atoms with van der Waals surface area (Å²) in [5.41, 5.74) is -0.545. The number of hydrogen-bond donors (Lipinski definition) is 0. The second-order valence-electron chi connectivity index (χ2n) is 6.15. The van der Waals surface area contributed by atoms with Crippen molar-refractivity contribution in [2.45, 2.75) is 51.3 Å². The number of hydrogen-bond acceptors (Lipinski definition) is 6. The average molecular weight is 298 g/mol. The van der Waals surface area contributed by atoms with Crippen LogP contribution in [-0.4, -0.2) is 60.8 Å². The van der Waals surface area contributed by atoms with Crippen LogP contribution in [0.25, 0.3) is 0 Å². The number of methoxy groups -OCH3 is 1. The number of likely N-dealkylation sites (tertiary alicyclic amines) is 1. The van der Waals surface area contributed by atoms with Crippen LogP contribution in [0.2, 0.25) is 0 Å². The number of nitrogens with zero attached hydrogens (tertiary/aromatic N) is 2. The van der Waals surface area contributed by atoms with Crippen LogP contribution in [0.5, 0.6) is 0 Å². The minimum absolute atomic E-state index is 0.167. The van der Waals surface area contributed by atoms with Crippen molar-refractivity contribution in [3.05, 3.63) is 0 Å². The van der Waals surface area contributed by atoms with E-state index in [1.807, 2.05) is 20.8 Å². The lowest BCUT2D eigenvalue weighted by molar-refractivity contribution is -0.142. The van der Waals surface area contributed by atoms with E-state index < -0.39 is 17.6 Å². The summed E-state index contributed by atoms with van der Waals surface area (Å²) in [4.78, 5) is 29.5. The van der Waals surface area contributed by atoms with Crippen LogP contribution >= 0.6 is 0 Å². The zero-order valence-electron chi connectivity index (χ0n) is 12.9. The smallest absolute Gasteiger partial charge is 0.410 e. The third-order valence-corrected chi connectivity index (χ3v) is 3.31. The Bertz CT molecular complexity index is 455. The van der Waals surface area contributed by atoms with Crippen molar-refractivity contribution in [3.8, 4) is 0 Å². The molecule has 1 amide bonds. The molecule has 2 aliphatic rings. The first kappa shape index (κ1) is 15.6. The van der Waals surface area contributed by atoms with Crippen LogP contribution in [0, 0.1) is 0 Å². The van der Waals surface area contributed by atoms with Crippen molar-refractivity contribution in [1.82, 2.24) is 4.90 Å². The summed E-state index contributed by atoms with van der Waals surface area (Å²) in [6.07, 6.45) is 1.24. The number of ether oxygens (including phenoxy) is 3. The Morgan fingerprint density at radius 1 is 1.38 bits per heavy atom. The summed E-state index contributed by atoms with van der Waals surface area (Å²) in [7, 11) is 1.32. The molecule has 0 aromatic carbocycles. The van der Waals surface area contributed by atoms with E-state index in [2.05, 4.69) is 9.73 Å². The van der Waals surface area contributed by atoms with Gasteiger partial charge in [-0.05, 0) is 33.6 Å². The molecule has 2 unspecified atom stereocenters. The van der Waals surface area contributed by atoms with Gasteiger partial charge in [-0.1, -0.05) is 0 Å². The van der Waals surface area contributed by atoms with E-state index in [0.717, 1.165) is 12.8 Å². The van der Waals surface area contributed by atoms with Crippen LogP contribution in [-0.2, 0) is 19.0 Å². The standard InChI is InChI=1S/C14H22N2O5/c1-14(2,3)21-13(18)16-7-5-6-10(16)11-15-9(8-20-11)12(17)19-4/h9-10H,5-8H2,1-4H3. The number of carbonyl (C=O) groups is 2. The highest BCUT2D eigenvalue weighted by Crippen LogP contribution is 2.24. The predicted molar refractivity (Wildman–Crippen MR) is 75.2 cm³/mol. The number of carbonyl (C=O) groups excluding carboxylic acids is 2. The number of esters is 1. The van der Waals surface area contributed by atoms with Gasteiger partial charge in [0.15, 0.2) is 6.04 Å². The van der Waals surface area contributed by atoms with Crippen LogP contribution < -0.4 is 0 Å². The summed E-state index contributed by atoms with van der Waals surface area (Å²) in [6.45, 7) is 6.25. The number of aliphatic imine (C=N–C) groups is 1. The second kappa shape index (κ2) is 5.91. The molecule has 2 rings (SSSR count). The quantitative estimate of drug-likeness (QED) is 0.719. The van der Waals surface area contributed by atoms with Crippen molar-refractivity contribution < 1.29 is 23.8 Å². The Labute approximate surface area is 124 Å². The Morgan fingerprint density at radius 2 is 2.10 bits per heavy atom. The predicted octanol–water partition coefficient (Wildman–Crippen LogP) is 1.36. The molecule has 2 atom stereocenters. The van der Waals surface area contributed by atoms with E-state index in [4.69, 9.17) is 9.47 Å². The summed E-state index contributed by atoms with van der Waals surface area (Å²) < 4.78 is 15.5. The number of rotatable bonds is 2. The van der Waals surface area contributed by atoms with E-state index in [1.165, 1.54) is 7.11 Å². The van der Waals surface area contributed by atoms with E-state index in [0.29, 0.717) is 12.4 Å². The summed E-state index contributed by atoms with van der Waals surface area (Å²) >= 11 is 0. The Kier molecular flexibility index (Phi) is 4.39. The molecule has 0 aromatic heterocycles. The van der Waals surface area contributed by atoms with Gasteiger partial charge in [-0.3, -0.25) is 4.90 Å². The lowest BCUT2D eigenvalue weighted by Crippen LogP contribution is -2.43. The lowest BCUT2D eigenvalue weighted by atomic mass is 10.2. The average Bonchev–Trinajstić information content (AvgIpc) is 3.03. The van der Waals surface area contributed by atoms with Gasteiger partial charge in [0.1, 0.15) is 18.2 Å². The highest BCUT2D eigenvalue weighted by Gasteiger charge is 2.39. The first-order valence-corrected chi connectivity index (χ1v) is 7.10. The van der Waals surface area contributed by atoms with Gasteiger partial charge >= 0.3 is 12.1 Å². The first-order chi connectivity index (χ1) is 9.81. The van der Waals surface area contributed by atoms with Crippen molar-refractivity contribution in [2.24, 2.45) is 4.99 Å². The second-order valence-corrected chi connectivity index (χ2v) is 6.15. The molecule has 7 nitrogen and oxygen atoms in total. The first-order valence-electron chi connectivity index (χ1n) is 7.10. The van der Waals surface area contributed by atoms with Gasteiger partial charge < -0.3 is 14.2 Å². The molecule has 0 saturated carbocycles. The minimum atomic E-state index is -0.633. The monoisotopic (exact) mass is 298 g/mol. The van der Waals surface area contributed by atoms with Gasteiger partial charge in [-0.2, -0.15) is 0 Å². The minimum Gasteiger partial charge on any atom is -0.477 e. The molecule has 21 heavy (non-hydrogen) atoms. The highest BCUT2D eigenvalue weighted by molar-refractivity contribution is 5.91. The van der Waals surface area contributed by atoms with Crippen LogP contribution in [0.15, 0.2) is 4.99 Å². The van der Waals surface area contributed by atoms with E-state index in [9.17, 15) is 9.59 Å². The summed E-state index contributed by atoms with van der Waals surface area (Å²) in [6, 6.07) is -0.888. The summed E-state index contributed by atoms with van der Waals surface area (Å²) in [5.74, 6) is 0.000532. The molecule has 0 radical (unpaired) electrons. The fourth-order valence-electron chi connectivity index (χ4n) is 2.39. The maximum atomic E-state index is 12.2. The van der Waals surface area contributed by atoms with Crippen molar-refractivity contribution in [1.29, 1.82) is 0 Å². The lowest BCUT2D eigenvalue weighted by Gasteiger charge is -2.28. The molecule has 0 aliphatic carbocycles. The van der Waals surface area contributed by atoms with E-state index in [-0.39, 0.29) is 18.7 Å². The van der Waals surface area contributed by atoms with E-state index in [1.54, 1.807) is 4.90 Å². The molecular formula is C14H22N2O5. The molecule has 0 aromatic rings. The van der Waals surface area contributed by atoms with Gasteiger partial charge in [0.25, 0.3) is 0 Å². The molecule has 2 aliphatic heterocycles. The normalized spacial score (nSPS) is 25.3. The van der Waals surface area contributed by atoms with Crippen molar-refractivity contribution >= 4 is 18.0 Å². The Morgan fingerprint density at radius 3 is 2.71 bits per heavy atom. The van der Waals surface area contributed by atoms with Gasteiger partial charge in [-0.25, -0.2) is 14.6 Å². The SMILES string of the molecule is COC(=O)C1COC(C2CCCN2C(=O)OC(C)(C)C)=N1. The Balaban J connectivity index is 2.06. The topological polar surface area (TPSA) is 77.4 Å². The summed E-state index contributed by atoms with van der Waals surface area (Å²) in [5, 5.41) is 0. The van der Waals surface area contributed by atoms with Gasteiger partial charge in [0, 0.05) is 6.54 Å². The Hall–Kier alpha value is -1.79. The van der Waals surface area contributed by atoms with Crippen LogP contribution in [0.3, 0.4) is 0 Å². The fourth-order valence-corrected chi connectivity index (χ4v) is 2.39. The molecular weight excluding hydrogens is 276 g/mol. The van der Waals surface area contributed by atoms with Crippen molar-refractivity contribution in [3.63, 3.8) is 0 Å². The molecule has 118 valence electrons. The van der Waals surface area contributed by atoms with Gasteiger partial charge in [0.05, 0.1) is 7.11 Å². The fraction of sp³-hybridized carbons (Fsp3) is 0.786. The van der Waals surface area contributed by atoms with Crippen LogP contribution in [0.1, 0.15) is 33.6 Å². The molecule has 0 bridgehead atoms. The maximum Gasteiger partial charge on any atom is 0.410 e. The molecule has 0 spiro atoms. The van der Waals surface area contributed by atoms with Gasteiger partial charge in [0.2, 0.25) is 5.90 Å². The molecule has 2 heterocycles. The zero-order valence-corrected chi connectivity index (χ0v) is 12.9. The molecule has 0 N–H and O–H groups in total. The highest BCUT2D eigenvalue weighted by atomic mass is 16.6. The van der Waals surface area contributed by atoms with Crippen molar-refractivity contribution in [2.75, 3.05) is 20.3 Å². The maximum absolute atomic E-state index is 12.2. The van der Waals surface area contributed by atoms with Crippen LogP contribution in [0.4, 0.5) is 4.79 Å². The number of amides is 1.